The number of carbonyl (C=O) groups is 1. The van der Waals surface area contributed by atoms with Gasteiger partial charge in [0, 0.05) is 21.8 Å². The second-order valence-corrected chi connectivity index (χ2v) is 9.16. The van der Waals surface area contributed by atoms with Crippen molar-refractivity contribution in [2.45, 2.75) is 12.8 Å². The Hall–Kier alpha value is -3.88. The van der Waals surface area contributed by atoms with Crippen LogP contribution in [-0.2, 0) is 12.8 Å². The van der Waals surface area contributed by atoms with Crippen molar-refractivity contribution >= 4 is 44.3 Å². The van der Waals surface area contributed by atoms with Gasteiger partial charge < -0.3 is 4.74 Å². The predicted molar refractivity (Wildman–Crippen MR) is 138 cm³/mol. The Labute approximate surface area is 210 Å². The smallest absolute Gasteiger partial charge is 0.259 e. The second-order valence-electron chi connectivity index (χ2n) is 7.74. The van der Waals surface area contributed by atoms with Gasteiger partial charge in [0.2, 0.25) is 0 Å². The molecule has 1 N–H and O–H groups in total. The number of anilines is 1. The molecule has 5 aromatic rings. The van der Waals surface area contributed by atoms with Gasteiger partial charge in [0.15, 0.2) is 5.13 Å². The highest BCUT2D eigenvalue weighted by Gasteiger charge is 2.18. The fourth-order valence-electron chi connectivity index (χ4n) is 3.72. The van der Waals surface area contributed by atoms with Gasteiger partial charge in [-0.15, -0.1) is 0 Å². The van der Waals surface area contributed by atoms with Gasteiger partial charge in [-0.2, -0.15) is 10.2 Å². The van der Waals surface area contributed by atoms with Crippen molar-refractivity contribution in [2.75, 3.05) is 12.4 Å². The number of ether oxygens (including phenoxy) is 1. The third-order valence-electron chi connectivity index (χ3n) is 5.49. The van der Waals surface area contributed by atoms with E-state index in [1.54, 1.807) is 13.3 Å². The monoisotopic (exact) mass is 501 g/mol. The summed E-state index contributed by atoms with van der Waals surface area (Å²) in [4.78, 5) is 23.2. The van der Waals surface area contributed by atoms with Gasteiger partial charge in [0.25, 0.3) is 5.91 Å². The summed E-state index contributed by atoms with van der Waals surface area (Å²) >= 11 is 7.30. The normalized spacial score (nSPS) is 10.9. The molecule has 35 heavy (non-hydrogen) atoms. The van der Waals surface area contributed by atoms with Crippen LogP contribution >= 0.6 is 22.9 Å². The van der Waals surface area contributed by atoms with E-state index in [1.807, 2.05) is 60.7 Å². The zero-order chi connectivity index (χ0) is 24.2. The molecular formula is C26H20ClN5O2S. The molecule has 174 valence electrons. The van der Waals surface area contributed by atoms with Gasteiger partial charge in [-0.25, -0.2) is 9.97 Å². The van der Waals surface area contributed by atoms with Crippen molar-refractivity contribution in [3.05, 3.63) is 94.9 Å². The molecule has 0 bridgehead atoms. The number of nitrogens with one attached hydrogen (secondary N) is 1. The van der Waals surface area contributed by atoms with Gasteiger partial charge in [0.1, 0.15) is 16.1 Å². The first-order valence-electron chi connectivity index (χ1n) is 10.9. The van der Waals surface area contributed by atoms with E-state index in [0.717, 1.165) is 39.5 Å². The number of amides is 1. The first kappa shape index (κ1) is 22.9. The largest absolute Gasteiger partial charge is 0.496 e. The molecule has 3 aromatic heterocycles. The minimum atomic E-state index is -0.331. The number of aromatic nitrogens is 4. The summed E-state index contributed by atoms with van der Waals surface area (Å²) in [7, 11) is 1.59. The summed E-state index contributed by atoms with van der Waals surface area (Å²) in [5.41, 5.74) is 4.65. The Kier molecular flexibility index (Phi) is 6.65. The van der Waals surface area contributed by atoms with Crippen LogP contribution in [0.4, 0.5) is 5.13 Å². The van der Waals surface area contributed by atoms with E-state index in [9.17, 15) is 4.79 Å². The molecule has 0 aliphatic carbocycles. The zero-order valence-corrected chi connectivity index (χ0v) is 20.3. The lowest BCUT2D eigenvalue weighted by Crippen LogP contribution is -2.14. The van der Waals surface area contributed by atoms with E-state index in [1.165, 1.54) is 23.1 Å². The standard InChI is InChI=1S/C26H20ClN5O2S/c1-34-23-5-3-2-4-19(23)20-14-28-29-15-21(20)24(33)32-26-31-22-13-12-18(30-25(22)35-26)11-8-16-6-9-17(27)10-7-16/h2-7,9-10,12-15H,8,11H2,1H3,(H,31,32,33). The number of benzene rings is 2. The zero-order valence-electron chi connectivity index (χ0n) is 18.7. The topological polar surface area (TPSA) is 89.9 Å². The Bertz CT molecular complexity index is 1500. The van der Waals surface area contributed by atoms with Crippen molar-refractivity contribution in [3.8, 4) is 16.9 Å². The van der Waals surface area contributed by atoms with Crippen LogP contribution in [0.15, 0.2) is 73.1 Å². The number of carbonyl (C=O) groups excluding carboxylic acids is 1. The van der Waals surface area contributed by atoms with Crippen molar-refractivity contribution in [2.24, 2.45) is 0 Å². The number of hydrogen-bond acceptors (Lipinski definition) is 7. The number of thiazole rings is 1. The van der Waals surface area contributed by atoms with Gasteiger partial charge in [-0.05, 0) is 48.7 Å². The number of rotatable bonds is 7. The summed E-state index contributed by atoms with van der Waals surface area (Å²) in [6.45, 7) is 0. The van der Waals surface area contributed by atoms with Crippen LogP contribution in [0.1, 0.15) is 21.6 Å². The van der Waals surface area contributed by atoms with Gasteiger partial charge in [-0.3, -0.25) is 10.1 Å². The molecule has 9 heteroatoms. The van der Waals surface area contributed by atoms with Crippen LogP contribution in [0.5, 0.6) is 5.75 Å². The molecule has 7 nitrogen and oxygen atoms in total. The average Bonchev–Trinajstić information content (AvgIpc) is 3.29. The summed E-state index contributed by atoms with van der Waals surface area (Å²) < 4.78 is 5.45. The molecule has 3 heterocycles. The Balaban J connectivity index is 1.35. The highest BCUT2D eigenvalue weighted by molar-refractivity contribution is 7.22. The fourth-order valence-corrected chi connectivity index (χ4v) is 4.70. The molecule has 0 saturated heterocycles. The van der Waals surface area contributed by atoms with Gasteiger partial charge in [-0.1, -0.05) is 53.3 Å². The summed E-state index contributed by atoms with van der Waals surface area (Å²) in [5.74, 6) is 0.313. The molecule has 0 fully saturated rings. The third-order valence-corrected chi connectivity index (χ3v) is 6.62. The van der Waals surface area contributed by atoms with Crippen molar-refractivity contribution in [1.29, 1.82) is 0 Å². The minimum absolute atomic E-state index is 0.331. The van der Waals surface area contributed by atoms with Crippen LogP contribution in [0, 0.1) is 0 Å². The van der Waals surface area contributed by atoms with Crippen LogP contribution in [0.25, 0.3) is 21.5 Å². The Morgan fingerprint density at radius 1 is 0.943 bits per heavy atom. The number of fused-ring (bicyclic) bond motifs is 1. The van der Waals surface area contributed by atoms with Crippen LogP contribution in [0.3, 0.4) is 0 Å². The summed E-state index contributed by atoms with van der Waals surface area (Å²) in [6, 6.07) is 19.2. The summed E-state index contributed by atoms with van der Waals surface area (Å²) in [6.07, 6.45) is 4.65. The molecular weight excluding hydrogens is 482 g/mol. The molecule has 2 aromatic carbocycles. The highest BCUT2D eigenvalue weighted by Crippen LogP contribution is 2.32. The van der Waals surface area contributed by atoms with Crippen molar-refractivity contribution in [3.63, 3.8) is 0 Å². The molecule has 0 saturated carbocycles. The third kappa shape index (κ3) is 5.13. The maximum absolute atomic E-state index is 13.2. The van der Waals surface area contributed by atoms with Crippen LogP contribution < -0.4 is 10.1 Å². The molecule has 0 atom stereocenters. The maximum atomic E-state index is 13.2. The van der Waals surface area contributed by atoms with E-state index in [4.69, 9.17) is 21.3 Å². The predicted octanol–water partition coefficient (Wildman–Crippen LogP) is 5.85. The molecule has 1 amide bonds. The maximum Gasteiger partial charge on any atom is 0.259 e. The molecule has 5 rings (SSSR count). The van der Waals surface area contributed by atoms with Crippen molar-refractivity contribution < 1.29 is 9.53 Å². The van der Waals surface area contributed by atoms with Gasteiger partial charge >= 0.3 is 0 Å². The van der Waals surface area contributed by atoms with Crippen LogP contribution in [0.2, 0.25) is 5.02 Å². The Morgan fingerprint density at radius 2 is 1.74 bits per heavy atom. The molecule has 0 unspecified atom stereocenters. The SMILES string of the molecule is COc1ccccc1-c1cnncc1C(=O)Nc1nc2ccc(CCc3ccc(Cl)cc3)nc2s1. The summed E-state index contributed by atoms with van der Waals surface area (Å²) in [5, 5.41) is 11.9. The number of pyridine rings is 1. The fraction of sp³-hybridized carbons (Fsp3) is 0.115. The minimum Gasteiger partial charge on any atom is -0.496 e. The van der Waals surface area contributed by atoms with E-state index < -0.39 is 0 Å². The second kappa shape index (κ2) is 10.2. The van der Waals surface area contributed by atoms with Crippen LogP contribution in [-0.4, -0.2) is 33.2 Å². The molecule has 0 spiro atoms. The highest BCUT2D eigenvalue weighted by atomic mass is 35.5. The average molecular weight is 502 g/mol. The molecule has 0 aliphatic rings. The molecule has 0 aliphatic heterocycles. The lowest BCUT2D eigenvalue weighted by Gasteiger charge is -2.11. The number of para-hydroxylation sites is 1. The lowest BCUT2D eigenvalue weighted by atomic mass is 10.0. The van der Waals surface area contributed by atoms with E-state index in [-0.39, 0.29) is 5.91 Å². The Morgan fingerprint density at radius 3 is 2.57 bits per heavy atom. The lowest BCUT2D eigenvalue weighted by molar-refractivity contribution is 0.102. The quantitative estimate of drug-likeness (QED) is 0.301. The number of hydrogen-bond donors (Lipinski definition) is 1. The van der Waals surface area contributed by atoms with Gasteiger partial charge in [0.05, 0.1) is 25.1 Å². The van der Waals surface area contributed by atoms with E-state index in [0.29, 0.717) is 22.0 Å². The van der Waals surface area contributed by atoms with Crippen molar-refractivity contribution in [1.82, 2.24) is 20.2 Å². The first-order valence-corrected chi connectivity index (χ1v) is 12.1. The van der Waals surface area contributed by atoms with E-state index in [2.05, 4.69) is 20.5 Å². The number of nitrogens with zero attached hydrogens (tertiary/aromatic N) is 4. The molecule has 0 radical (unpaired) electrons. The number of methoxy groups -OCH3 is 1. The number of aryl methyl sites for hydroxylation is 2. The number of halogens is 1. The first-order chi connectivity index (χ1) is 17.1. The van der Waals surface area contributed by atoms with E-state index >= 15 is 0 Å².